The molecule has 0 fully saturated rings. The summed E-state index contributed by atoms with van der Waals surface area (Å²) >= 11 is 5.89. The van der Waals surface area contributed by atoms with Gasteiger partial charge < -0.3 is 15.2 Å². The molecule has 0 bridgehead atoms. The van der Waals surface area contributed by atoms with Crippen LogP contribution in [0.4, 0.5) is 0 Å². The molecule has 1 atom stereocenters. The van der Waals surface area contributed by atoms with Gasteiger partial charge in [-0.25, -0.2) is 0 Å². The topological polar surface area (TPSA) is 41.5 Å². The molecule has 0 aromatic heterocycles. The van der Waals surface area contributed by atoms with E-state index in [2.05, 4.69) is 39.9 Å². The monoisotopic (exact) mass is 313 g/mol. The van der Waals surface area contributed by atoms with Gasteiger partial charge in [0.1, 0.15) is 18.5 Å². The van der Waals surface area contributed by atoms with Gasteiger partial charge in [0, 0.05) is 17.1 Å². The average molecular weight is 314 g/mol. The summed E-state index contributed by atoms with van der Waals surface area (Å²) in [5.74, 6) is 0.676. The van der Waals surface area contributed by atoms with Gasteiger partial charge in [0.25, 0.3) is 0 Å². The third kappa shape index (κ3) is 8.30. The first kappa shape index (κ1) is 18.3. The molecule has 0 aliphatic heterocycles. The van der Waals surface area contributed by atoms with Crippen molar-refractivity contribution in [1.29, 1.82) is 0 Å². The summed E-state index contributed by atoms with van der Waals surface area (Å²) in [7, 11) is 0. The minimum absolute atomic E-state index is 0.0186. The van der Waals surface area contributed by atoms with E-state index in [1.807, 2.05) is 12.1 Å². The van der Waals surface area contributed by atoms with E-state index >= 15 is 0 Å². The fourth-order valence-corrected chi connectivity index (χ4v) is 2.77. The molecule has 21 heavy (non-hydrogen) atoms. The van der Waals surface area contributed by atoms with E-state index in [-0.39, 0.29) is 17.6 Å². The third-order valence-corrected chi connectivity index (χ3v) is 3.26. The Bertz CT molecular complexity index is 441. The van der Waals surface area contributed by atoms with Crippen LogP contribution >= 0.6 is 11.6 Å². The Balaban J connectivity index is 2.35. The van der Waals surface area contributed by atoms with Crippen LogP contribution in [-0.2, 0) is 0 Å². The van der Waals surface area contributed by atoms with Crippen molar-refractivity contribution >= 4 is 11.6 Å². The van der Waals surface area contributed by atoms with Gasteiger partial charge in [-0.1, -0.05) is 38.4 Å². The number of aliphatic hydroxyl groups is 1. The van der Waals surface area contributed by atoms with Crippen LogP contribution in [0.3, 0.4) is 0 Å². The maximum Gasteiger partial charge on any atom is 0.120 e. The average Bonchev–Trinajstić information content (AvgIpc) is 2.31. The lowest BCUT2D eigenvalue weighted by atomic mass is 9.82. The first-order chi connectivity index (χ1) is 9.57. The fourth-order valence-electron chi connectivity index (χ4n) is 2.59. The molecule has 0 saturated heterocycles. The highest BCUT2D eigenvalue weighted by molar-refractivity contribution is 6.30. The highest BCUT2D eigenvalue weighted by Crippen LogP contribution is 2.26. The smallest absolute Gasteiger partial charge is 0.120 e. The highest BCUT2D eigenvalue weighted by atomic mass is 35.5. The molecule has 1 aromatic carbocycles. The number of rotatable bonds is 7. The van der Waals surface area contributed by atoms with E-state index in [0.717, 1.165) is 6.42 Å². The molecule has 0 amide bonds. The van der Waals surface area contributed by atoms with Gasteiger partial charge in [0.2, 0.25) is 0 Å². The number of nitrogens with one attached hydrogen (secondary N) is 1. The Kier molecular flexibility index (Phi) is 6.51. The van der Waals surface area contributed by atoms with Crippen LogP contribution in [0.2, 0.25) is 5.02 Å². The largest absolute Gasteiger partial charge is 0.491 e. The second-order valence-corrected chi connectivity index (χ2v) is 7.86. The van der Waals surface area contributed by atoms with Crippen molar-refractivity contribution in [2.75, 3.05) is 13.2 Å². The minimum Gasteiger partial charge on any atom is -0.491 e. The van der Waals surface area contributed by atoms with Crippen molar-refractivity contribution in [3.63, 3.8) is 0 Å². The molecule has 0 aliphatic carbocycles. The van der Waals surface area contributed by atoms with E-state index < -0.39 is 6.10 Å². The third-order valence-electron chi connectivity index (χ3n) is 3.03. The normalized spacial score (nSPS) is 14.0. The van der Waals surface area contributed by atoms with Gasteiger partial charge in [-0.3, -0.25) is 0 Å². The maximum atomic E-state index is 10.0. The van der Waals surface area contributed by atoms with Crippen molar-refractivity contribution in [3.05, 3.63) is 29.3 Å². The zero-order chi connectivity index (χ0) is 16.1. The van der Waals surface area contributed by atoms with Gasteiger partial charge in [-0.2, -0.15) is 0 Å². The standard InChI is InChI=1S/C17H28ClNO2/c1-16(2,3)12-17(4,5)19-10-14(20)11-21-15-8-6-7-13(18)9-15/h6-9,14,19-20H,10-12H2,1-5H3. The molecule has 1 unspecified atom stereocenters. The van der Waals surface area contributed by atoms with Crippen LogP contribution in [0, 0.1) is 5.41 Å². The predicted molar refractivity (Wildman–Crippen MR) is 89.1 cm³/mol. The van der Waals surface area contributed by atoms with Crippen LogP contribution < -0.4 is 10.1 Å². The number of hydrogen-bond acceptors (Lipinski definition) is 3. The van der Waals surface area contributed by atoms with Gasteiger partial charge in [-0.15, -0.1) is 0 Å². The Hall–Kier alpha value is -0.770. The summed E-state index contributed by atoms with van der Waals surface area (Å²) in [5.41, 5.74) is 0.230. The van der Waals surface area contributed by atoms with Crippen molar-refractivity contribution in [3.8, 4) is 5.75 Å². The van der Waals surface area contributed by atoms with E-state index in [1.165, 1.54) is 0 Å². The summed E-state index contributed by atoms with van der Waals surface area (Å²) in [6.45, 7) is 11.7. The molecule has 1 aromatic rings. The van der Waals surface area contributed by atoms with Crippen LogP contribution in [0.1, 0.15) is 41.0 Å². The number of aliphatic hydroxyl groups excluding tert-OH is 1. The second kappa shape index (κ2) is 7.48. The molecule has 0 radical (unpaired) electrons. The number of β-amino-alcohol motifs (C(OH)–C–C–N with tert-alkyl or cyclic N) is 1. The summed E-state index contributed by atoms with van der Waals surface area (Å²) in [5, 5.41) is 14.1. The molecular weight excluding hydrogens is 286 g/mol. The molecule has 0 saturated carbocycles. The summed E-state index contributed by atoms with van der Waals surface area (Å²) in [4.78, 5) is 0. The van der Waals surface area contributed by atoms with E-state index in [0.29, 0.717) is 17.3 Å². The SMILES string of the molecule is CC(C)(C)CC(C)(C)NCC(O)COc1cccc(Cl)c1. The summed E-state index contributed by atoms with van der Waals surface area (Å²) in [6, 6.07) is 7.19. The van der Waals surface area contributed by atoms with Crippen LogP contribution in [0.5, 0.6) is 5.75 Å². The Morgan fingerprint density at radius 2 is 1.90 bits per heavy atom. The Labute approximate surface area is 133 Å². The lowest BCUT2D eigenvalue weighted by Crippen LogP contribution is -2.46. The van der Waals surface area contributed by atoms with Gasteiger partial charge in [0.05, 0.1) is 0 Å². The Morgan fingerprint density at radius 3 is 2.48 bits per heavy atom. The number of benzene rings is 1. The van der Waals surface area contributed by atoms with Crippen LogP contribution in [-0.4, -0.2) is 29.9 Å². The molecule has 3 nitrogen and oxygen atoms in total. The molecule has 2 N–H and O–H groups in total. The van der Waals surface area contributed by atoms with Crippen molar-refractivity contribution in [1.82, 2.24) is 5.32 Å². The molecule has 0 aliphatic rings. The summed E-state index contributed by atoms with van der Waals surface area (Å²) in [6.07, 6.45) is 0.477. The molecule has 1 rings (SSSR count). The van der Waals surface area contributed by atoms with Crippen molar-refractivity contribution < 1.29 is 9.84 Å². The lowest BCUT2D eigenvalue weighted by Gasteiger charge is -2.34. The van der Waals surface area contributed by atoms with E-state index in [4.69, 9.17) is 16.3 Å². The van der Waals surface area contributed by atoms with E-state index in [9.17, 15) is 5.11 Å². The number of hydrogen-bond donors (Lipinski definition) is 2. The van der Waals surface area contributed by atoms with Gasteiger partial charge in [-0.05, 0) is 43.9 Å². The Morgan fingerprint density at radius 1 is 1.24 bits per heavy atom. The molecular formula is C17H28ClNO2. The van der Waals surface area contributed by atoms with E-state index in [1.54, 1.807) is 12.1 Å². The maximum absolute atomic E-state index is 10.0. The second-order valence-electron chi connectivity index (χ2n) is 7.42. The number of halogens is 1. The summed E-state index contributed by atoms with van der Waals surface area (Å²) < 4.78 is 5.54. The molecule has 4 heteroatoms. The van der Waals surface area contributed by atoms with Gasteiger partial charge >= 0.3 is 0 Å². The predicted octanol–water partition coefficient (Wildman–Crippen LogP) is 3.88. The molecule has 120 valence electrons. The minimum atomic E-state index is -0.553. The number of ether oxygens (including phenoxy) is 1. The highest BCUT2D eigenvalue weighted by Gasteiger charge is 2.25. The first-order valence-electron chi connectivity index (χ1n) is 7.39. The van der Waals surface area contributed by atoms with Crippen molar-refractivity contribution in [2.24, 2.45) is 5.41 Å². The molecule has 0 heterocycles. The molecule has 0 spiro atoms. The zero-order valence-electron chi connectivity index (χ0n) is 13.7. The fraction of sp³-hybridized carbons (Fsp3) is 0.647. The van der Waals surface area contributed by atoms with Gasteiger partial charge in [0.15, 0.2) is 0 Å². The zero-order valence-corrected chi connectivity index (χ0v) is 14.5. The van der Waals surface area contributed by atoms with Crippen molar-refractivity contribution in [2.45, 2.75) is 52.7 Å². The first-order valence-corrected chi connectivity index (χ1v) is 7.77. The quantitative estimate of drug-likeness (QED) is 0.802. The van der Waals surface area contributed by atoms with Crippen LogP contribution in [0.25, 0.3) is 0 Å². The van der Waals surface area contributed by atoms with Crippen LogP contribution in [0.15, 0.2) is 24.3 Å². The lowest BCUT2D eigenvalue weighted by molar-refractivity contribution is 0.0944.